The standard InChI is InChI=1S/C45H81O6PSi2/c1-18-45(19-2,52(47,48-20-3)49-21-4)41(46)29-24-33(5)38-27-28-39-35(23-22-30-44(38,39)13)25-26-36-31-37(50-53(14,15)42(7,8)9)32-40(34(36)6)51-54(16,17)43(10,11)12/h24-26,29,33,37-40H,6,18-23,27-28,30-32H2,1-5,7-17H3/t33-,37-,38-,39?,40+,44-/m1/s1. The molecule has 310 valence electrons. The van der Waals surface area contributed by atoms with E-state index in [1.807, 2.05) is 13.8 Å². The lowest BCUT2D eigenvalue weighted by Crippen LogP contribution is -2.49. The van der Waals surface area contributed by atoms with Crippen LogP contribution in [-0.2, 0) is 27.3 Å². The maximum absolute atomic E-state index is 14.0. The van der Waals surface area contributed by atoms with E-state index in [0.717, 1.165) is 37.7 Å². The number of allylic oxidation sites excluding steroid dienone is 5. The van der Waals surface area contributed by atoms with Gasteiger partial charge in [0.05, 0.1) is 25.4 Å². The zero-order valence-electron chi connectivity index (χ0n) is 37.6. The van der Waals surface area contributed by atoms with Gasteiger partial charge in [-0.1, -0.05) is 99.6 Å². The molecule has 6 atom stereocenters. The highest BCUT2D eigenvalue weighted by Gasteiger charge is 2.54. The number of carbonyl (C=O) groups is 1. The third kappa shape index (κ3) is 9.87. The summed E-state index contributed by atoms with van der Waals surface area (Å²) in [6.07, 6.45) is 17.1. The molecular weight excluding hydrogens is 724 g/mol. The topological polar surface area (TPSA) is 71.1 Å². The second-order valence-electron chi connectivity index (χ2n) is 20.0. The molecular formula is C45H81O6PSi2. The van der Waals surface area contributed by atoms with Crippen LogP contribution in [0.1, 0.15) is 141 Å². The monoisotopic (exact) mass is 805 g/mol. The van der Waals surface area contributed by atoms with Crippen LogP contribution in [0.2, 0.25) is 36.3 Å². The molecule has 0 radical (unpaired) electrons. The summed E-state index contributed by atoms with van der Waals surface area (Å²) in [5.74, 6) is 1.04. The first kappa shape index (κ1) is 47.5. The van der Waals surface area contributed by atoms with Crippen molar-refractivity contribution in [1.82, 2.24) is 0 Å². The highest BCUT2D eigenvalue weighted by atomic mass is 31.2. The first-order valence-electron chi connectivity index (χ1n) is 21.4. The summed E-state index contributed by atoms with van der Waals surface area (Å²) in [7, 11) is -7.67. The summed E-state index contributed by atoms with van der Waals surface area (Å²) in [6, 6.07) is 0. The van der Waals surface area contributed by atoms with Gasteiger partial charge in [0.15, 0.2) is 22.4 Å². The fourth-order valence-electron chi connectivity index (χ4n) is 9.18. The number of rotatable bonds is 16. The Bertz CT molecular complexity index is 1450. The van der Waals surface area contributed by atoms with Crippen molar-refractivity contribution in [2.75, 3.05) is 13.2 Å². The Morgan fingerprint density at radius 3 is 2.00 bits per heavy atom. The Labute approximate surface area is 334 Å². The van der Waals surface area contributed by atoms with Crippen molar-refractivity contribution in [3.63, 3.8) is 0 Å². The van der Waals surface area contributed by atoms with Crippen molar-refractivity contribution in [1.29, 1.82) is 0 Å². The average molecular weight is 805 g/mol. The van der Waals surface area contributed by atoms with Gasteiger partial charge in [-0.2, -0.15) is 0 Å². The summed E-state index contributed by atoms with van der Waals surface area (Å²) < 4.78 is 39.7. The molecule has 9 heteroatoms. The lowest BCUT2D eigenvalue weighted by molar-refractivity contribution is -0.117. The first-order chi connectivity index (χ1) is 24.8. The minimum atomic E-state index is -3.65. The summed E-state index contributed by atoms with van der Waals surface area (Å²) in [5, 5.41) is -0.918. The van der Waals surface area contributed by atoms with Crippen molar-refractivity contribution >= 4 is 30.0 Å². The molecule has 3 aliphatic carbocycles. The third-order valence-corrected chi connectivity index (χ3v) is 26.8. The van der Waals surface area contributed by atoms with Crippen LogP contribution in [0.3, 0.4) is 0 Å². The molecule has 0 bridgehead atoms. The maximum atomic E-state index is 14.0. The molecule has 0 saturated heterocycles. The number of hydrogen-bond donors (Lipinski definition) is 0. The van der Waals surface area contributed by atoms with Crippen molar-refractivity contribution in [3.8, 4) is 0 Å². The molecule has 0 heterocycles. The molecule has 3 saturated carbocycles. The van der Waals surface area contributed by atoms with Crippen LogP contribution in [0.4, 0.5) is 0 Å². The number of carbonyl (C=O) groups excluding carboxylic acids is 1. The van der Waals surface area contributed by atoms with E-state index in [0.29, 0.717) is 24.7 Å². The van der Waals surface area contributed by atoms with E-state index in [-0.39, 0.29) is 52.6 Å². The molecule has 0 aromatic carbocycles. The third-order valence-electron chi connectivity index (χ3n) is 14.7. The molecule has 6 nitrogen and oxygen atoms in total. The molecule has 3 aliphatic rings. The van der Waals surface area contributed by atoms with Gasteiger partial charge in [0.2, 0.25) is 0 Å². The van der Waals surface area contributed by atoms with E-state index in [2.05, 4.69) is 106 Å². The van der Waals surface area contributed by atoms with Gasteiger partial charge in [0.1, 0.15) is 5.16 Å². The van der Waals surface area contributed by atoms with Crippen molar-refractivity contribution in [2.24, 2.45) is 23.2 Å². The van der Waals surface area contributed by atoms with Gasteiger partial charge in [-0.05, 0) is 142 Å². The van der Waals surface area contributed by atoms with Crippen LogP contribution < -0.4 is 0 Å². The van der Waals surface area contributed by atoms with Crippen molar-refractivity contribution in [2.45, 2.75) is 195 Å². The highest BCUT2D eigenvalue weighted by molar-refractivity contribution is 7.57. The molecule has 0 aliphatic heterocycles. The number of ketones is 1. The Kier molecular flexibility index (Phi) is 15.8. The minimum Gasteiger partial charge on any atom is -0.413 e. The summed E-state index contributed by atoms with van der Waals surface area (Å²) in [4.78, 5) is 14.0. The van der Waals surface area contributed by atoms with E-state index < -0.39 is 29.4 Å². The fourth-order valence-corrected chi connectivity index (χ4v) is 14.2. The summed E-state index contributed by atoms with van der Waals surface area (Å²) in [6.45, 7) is 40.7. The summed E-state index contributed by atoms with van der Waals surface area (Å²) in [5.41, 5.74) is 4.12. The molecule has 0 aromatic rings. The Balaban J connectivity index is 1.91. The lowest BCUT2D eigenvalue weighted by Gasteiger charge is -2.45. The normalized spacial score (nSPS) is 28.6. The molecule has 0 amide bonds. The molecule has 54 heavy (non-hydrogen) atoms. The van der Waals surface area contributed by atoms with Crippen molar-refractivity contribution < 1.29 is 27.3 Å². The van der Waals surface area contributed by atoms with Crippen molar-refractivity contribution in [3.05, 3.63) is 47.6 Å². The van der Waals surface area contributed by atoms with E-state index in [4.69, 9.17) is 17.9 Å². The van der Waals surface area contributed by atoms with Gasteiger partial charge in [-0.15, -0.1) is 0 Å². The van der Waals surface area contributed by atoms with E-state index >= 15 is 0 Å². The predicted octanol–water partition coefficient (Wildman–Crippen LogP) is 13.8. The second-order valence-corrected chi connectivity index (χ2v) is 31.9. The SMILES string of the molecule is C=C1C(=CC=C2CCC[C@@]3(C)C2CC[C@@H]3[C@H](C)C=CC(=O)C(CC)(CC)P(=O)(OCC)OCC)C[C@@H](O[Si](C)(C)C(C)(C)C)C[C@@H]1O[Si](C)(C)C(C)(C)C. The van der Waals surface area contributed by atoms with E-state index in [1.165, 1.54) is 18.4 Å². The van der Waals surface area contributed by atoms with Crippen LogP contribution in [0.25, 0.3) is 0 Å². The zero-order valence-corrected chi connectivity index (χ0v) is 40.5. The molecule has 0 aromatic heterocycles. The van der Waals surface area contributed by atoms with Gasteiger partial charge in [0.25, 0.3) is 0 Å². The molecule has 1 unspecified atom stereocenters. The predicted molar refractivity (Wildman–Crippen MR) is 234 cm³/mol. The number of hydrogen-bond acceptors (Lipinski definition) is 6. The second kappa shape index (κ2) is 18.0. The fraction of sp³-hybridized carbons (Fsp3) is 0.800. The molecule has 0 N–H and O–H groups in total. The Morgan fingerprint density at radius 2 is 1.48 bits per heavy atom. The van der Waals surface area contributed by atoms with Crippen LogP contribution in [-0.4, -0.2) is 53.0 Å². The van der Waals surface area contributed by atoms with Crippen LogP contribution in [0, 0.1) is 23.2 Å². The average Bonchev–Trinajstić information content (AvgIpc) is 3.41. The molecule has 3 rings (SSSR count). The zero-order chi connectivity index (χ0) is 41.1. The molecule has 0 spiro atoms. The van der Waals surface area contributed by atoms with Gasteiger partial charge >= 0.3 is 7.60 Å². The Hall–Kier alpha value is -0.866. The van der Waals surface area contributed by atoms with E-state index in [1.54, 1.807) is 25.5 Å². The minimum absolute atomic E-state index is 0.0305. The maximum Gasteiger partial charge on any atom is 0.344 e. The molecule has 3 fully saturated rings. The summed E-state index contributed by atoms with van der Waals surface area (Å²) >= 11 is 0. The van der Waals surface area contributed by atoms with E-state index in [9.17, 15) is 9.36 Å². The first-order valence-corrected chi connectivity index (χ1v) is 28.7. The van der Waals surface area contributed by atoms with Crippen LogP contribution in [0.5, 0.6) is 0 Å². The lowest BCUT2D eigenvalue weighted by atomic mass is 9.61. The van der Waals surface area contributed by atoms with Gasteiger partial charge in [-0.25, -0.2) is 0 Å². The van der Waals surface area contributed by atoms with Gasteiger partial charge < -0.3 is 17.9 Å². The van der Waals surface area contributed by atoms with Crippen LogP contribution in [0.15, 0.2) is 47.6 Å². The smallest absolute Gasteiger partial charge is 0.344 e. The van der Waals surface area contributed by atoms with Gasteiger partial charge in [-0.3, -0.25) is 9.36 Å². The quantitative estimate of drug-likeness (QED) is 0.0879. The largest absolute Gasteiger partial charge is 0.413 e. The highest BCUT2D eigenvalue weighted by Crippen LogP contribution is 2.64. The van der Waals surface area contributed by atoms with Gasteiger partial charge in [0, 0.05) is 6.42 Å². The Morgan fingerprint density at radius 1 is 0.926 bits per heavy atom. The number of fused-ring (bicyclic) bond motifs is 1. The van der Waals surface area contributed by atoms with Crippen LogP contribution >= 0.6 is 7.60 Å².